The van der Waals surface area contributed by atoms with Crippen molar-refractivity contribution in [3.63, 3.8) is 0 Å². The zero-order valence-electron chi connectivity index (χ0n) is 16.8. The Kier molecular flexibility index (Phi) is 4.54. The van der Waals surface area contributed by atoms with Crippen molar-refractivity contribution in [2.45, 2.75) is 19.9 Å². The Hall–Kier alpha value is -3.94. The molecule has 1 aliphatic heterocycles. The van der Waals surface area contributed by atoms with Crippen molar-refractivity contribution < 1.29 is 13.9 Å². The van der Waals surface area contributed by atoms with Crippen molar-refractivity contribution in [2.24, 2.45) is 5.73 Å². The normalized spacial score (nSPS) is 12.6. The van der Waals surface area contributed by atoms with Crippen LogP contribution in [-0.2, 0) is 13.0 Å². The third-order valence-electron chi connectivity index (χ3n) is 5.38. The summed E-state index contributed by atoms with van der Waals surface area (Å²) >= 11 is 0. The summed E-state index contributed by atoms with van der Waals surface area (Å²) in [5.41, 5.74) is 9.86. The van der Waals surface area contributed by atoms with Gasteiger partial charge in [0.15, 0.2) is 17.4 Å². The number of hydrogen-bond acceptors (Lipinski definition) is 5. The van der Waals surface area contributed by atoms with Crippen molar-refractivity contribution in [1.29, 1.82) is 0 Å². The third kappa shape index (κ3) is 3.35. The number of carbonyl (C=O) groups excluding carboxylic acids is 1. The predicted octanol–water partition coefficient (Wildman–Crippen LogP) is 3.72. The number of hydrogen-bond donors (Lipinski definition) is 3. The van der Waals surface area contributed by atoms with Crippen molar-refractivity contribution in [3.05, 3.63) is 70.8 Å². The van der Waals surface area contributed by atoms with Crippen LogP contribution in [0.3, 0.4) is 0 Å². The highest BCUT2D eigenvalue weighted by Gasteiger charge is 2.24. The minimum atomic E-state index is -0.501. The lowest BCUT2D eigenvalue weighted by Gasteiger charge is -2.12. The quantitative estimate of drug-likeness (QED) is 0.459. The molecular weight excluding hydrogens is 397 g/mol. The van der Waals surface area contributed by atoms with E-state index in [1.54, 1.807) is 18.2 Å². The number of halogens is 1. The largest absolute Gasteiger partial charge is 0.487 e. The van der Waals surface area contributed by atoms with Crippen LogP contribution in [0.15, 0.2) is 42.5 Å². The molecule has 0 saturated heterocycles. The van der Waals surface area contributed by atoms with Gasteiger partial charge in [-0.3, -0.25) is 4.79 Å². The van der Waals surface area contributed by atoms with Gasteiger partial charge in [-0.15, -0.1) is 0 Å². The maximum absolute atomic E-state index is 13.5. The van der Waals surface area contributed by atoms with Crippen LogP contribution in [-0.4, -0.2) is 27.5 Å². The molecule has 3 heterocycles. The Morgan fingerprint density at radius 2 is 2.10 bits per heavy atom. The van der Waals surface area contributed by atoms with E-state index in [0.717, 1.165) is 27.9 Å². The third-order valence-corrected chi connectivity index (χ3v) is 5.38. The SMILES string of the molecule is Cc1[nH]c2c(C(N)=O)cccc2c1-c1nc2c(c(NCc3cccc(F)c3)n1)OCC2. The second kappa shape index (κ2) is 7.39. The molecule has 0 unspecified atom stereocenters. The first-order chi connectivity index (χ1) is 15.0. The van der Waals surface area contributed by atoms with Gasteiger partial charge in [-0.05, 0) is 30.7 Å². The molecule has 2 aromatic heterocycles. The van der Waals surface area contributed by atoms with E-state index in [4.69, 9.17) is 20.4 Å². The average molecular weight is 417 g/mol. The minimum Gasteiger partial charge on any atom is -0.487 e. The van der Waals surface area contributed by atoms with Crippen LogP contribution in [0.5, 0.6) is 5.75 Å². The van der Waals surface area contributed by atoms with E-state index in [9.17, 15) is 9.18 Å². The molecule has 2 aromatic carbocycles. The van der Waals surface area contributed by atoms with E-state index in [1.165, 1.54) is 12.1 Å². The highest BCUT2D eigenvalue weighted by Crippen LogP contribution is 2.37. The summed E-state index contributed by atoms with van der Waals surface area (Å²) in [7, 11) is 0. The topological polar surface area (TPSA) is 106 Å². The summed E-state index contributed by atoms with van der Waals surface area (Å²) in [6, 6.07) is 11.8. The fraction of sp³-hybridized carbons (Fsp3) is 0.174. The molecule has 4 N–H and O–H groups in total. The molecule has 31 heavy (non-hydrogen) atoms. The molecule has 5 rings (SSSR count). The molecule has 0 aliphatic carbocycles. The average Bonchev–Trinajstić information content (AvgIpc) is 3.35. The molecule has 156 valence electrons. The van der Waals surface area contributed by atoms with Crippen LogP contribution < -0.4 is 15.8 Å². The molecule has 8 heteroatoms. The molecule has 0 saturated carbocycles. The zero-order chi connectivity index (χ0) is 21.5. The van der Waals surface area contributed by atoms with Gasteiger partial charge in [0, 0.05) is 29.6 Å². The molecule has 0 spiro atoms. The summed E-state index contributed by atoms with van der Waals surface area (Å²) in [6.07, 6.45) is 0.674. The van der Waals surface area contributed by atoms with Gasteiger partial charge in [-0.25, -0.2) is 14.4 Å². The number of nitrogens with one attached hydrogen (secondary N) is 2. The standard InChI is InChI=1S/C23H20FN5O2/c1-12-18(15-6-3-7-16(21(25)30)19(15)27-12)22-28-17-8-9-31-20(17)23(29-22)26-11-13-4-2-5-14(24)10-13/h2-7,10,27H,8-9,11H2,1H3,(H2,25,30)(H,26,28,29). The van der Waals surface area contributed by atoms with Crippen LogP contribution in [0.25, 0.3) is 22.3 Å². The summed E-state index contributed by atoms with van der Waals surface area (Å²) in [5.74, 6) is 0.913. The Balaban J connectivity index is 1.60. The number of nitrogens with zero attached hydrogens (tertiary/aromatic N) is 2. The van der Waals surface area contributed by atoms with E-state index in [1.807, 2.05) is 19.1 Å². The van der Waals surface area contributed by atoms with Crippen LogP contribution in [0, 0.1) is 12.7 Å². The maximum Gasteiger partial charge on any atom is 0.250 e. The molecule has 0 atom stereocenters. The summed E-state index contributed by atoms with van der Waals surface area (Å²) in [4.78, 5) is 24.6. The van der Waals surface area contributed by atoms with Gasteiger partial charge in [0.25, 0.3) is 5.91 Å². The lowest BCUT2D eigenvalue weighted by molar-refractivity contribution is 0.100. The van der Waals surface area contributed by atoms with Crippen LogP contribution >= 0.6 is 0 Å². The Labute approximate surface area is 177 Å². The van der Waals surface area contributed by atoms with Crippen LogP contribution in [0.4, 0.5) is 10.2 Å². The molecule has 1 amide bonds. The van der Waals surface area contributed by atoms with E-state index in [0.29, 0.717) is 48.0 Å². The molecular formula is C23H20FN5O2. The van der Waals surface area contributed by atoms with Crippen molar-refractivity contribution in [2.75, 3.05) is 11.9 Å². The molecule has 0 bridgehead atoms. The number of aromatic amines is 1. The van der Waals surface area contributed by atoms with Gasteiger partial charge in [0.1, 0.15) is 5.82 Å². The number of H-pyrrole nitrogens is 1. The summed E-state index contributed by atoms with van der Waals surface area (Å²) in [6.45, 7) is 2.83. The van der Waals surface area contributed by atoms with Gasteiger partial charge in [-0.1, -0.05) is 24.3 Å². The van der Waals surface area contributed by atoms with E-state index in [2.05, 4.69) is 10.3 Å². The number of amides is 1. The lowest BCUT2D eigenvalue weighted by Crippen LogP contribution is -2.11. The van der Waals surface area contributed by atoms with Gasteiger partial charge >= 0.3 is 0 Å². The summed E-state index contributed by atoms with van der Waals surface area (Å²) in [5, 5.41) is 4.08. The number of para-hydroxylation sites is 1. The number of ether oxygens (including phenoxy) is 1. The van der Waals surface area contributed by atoms with Gasteiger partial charge in [-0.2, -0.15) is 0 Å². The van der Waals surface area contributed by atoms with Gasteiger partial charge < -0.3 is 20.8 Å². The summed E-state index contributed by atoms with van der Waals surface area (Å²) < 4.78 is 19.3. The highest BCUT2D eigenvalue weighted by atomic mass is 19.1. The monoisotopic (exact) mass is 417 g/mol. The highest BCUT2D eigenvalue weighted by molar-refractivity contribution is 6.09. The number of anilines is 1. The number of rotatable bonds is 5. The zero-order valence-corrected chi connectivity index (χ0v) is 16.8. The first-order valence-corrected chi connectivity index (χ1v) is 9.95. The fourth-order valence-electron chi connectivity index (χ4n) is 3.97. The second-order valence-corrected chi connectivity index (χ2v) is 7.47. The molecule has 7 nitrogen and oxygen atoms in total. The lowest BCUT2D eigenvalue weighted by atomic mass is 10.1. The number of fused-ring (bicyclic) bond motifs is 2. The smallest absolute Gasteiger partial charge is 0.250 e. The van der Waals surface area contributed by atoms with Crippen molar-refractivity contribution in [1.82, 2.24) is 15.0 Å². The minimum absolute atomic E-state index is 0.288. The number of nitrogens with two attached hydrogens (primary N) is 1. The fourth-order valence-corrected chi connectivity index (χ4v) is 3.97. The van der Waals surface area contributed by atoms with E-state index >= 15 is 0 Å². The maximum atomic E-state index is 13.5. The van der Waals surface area contributed by atoms with Crippen molar-refractivity contribution >= 4 is 22.6 Å². The number of benzene rings is 2. The van der Waals surface area contributed by atoms with E-state index in [-0.39, 0.29) is 5.82 Å². The predicted molar refractivity (Wildman–Crippen MR) is 116 cm³/mol. The molecule has 0 radical (unpaired) electrons. The Morgan fingerprint density at radius 1 is 1.26 bits per heavy atom. The first kappa shape index (κ1) is 19.0. The number of aromatic nitrogens is 3. The molecule has 0 fully saturated rings. The first-order valence-electron chi connectivity index (χ1n) is 9.95. The molecule has 4 aromatic rings. The number of primary amides is 1. The van der Waals surface area contributed by atoms with Gasteiger partial charge in [0.2, 0.25) is 0 Å². The van der Waals surface area contributed by atoms with E-state index < -0.39 is 5.91 Å². The number of aryl methyl sites for hydroxylation is 1. The Bertz CT molecular complexity index is 1330. The Morgan fingerprint density at radius 3 is 2.90 bits per heavy atom. The van der Waals surface area contributed by atoms with Gasteiger partial charge in [0.05, 0.1) is 23.4 Å². The van der Waals surface area contributed by atoms with Crippen LogP contribution in [0.2, 0.25) is 0 Å². The molecule has 1 aliphatic rings. The second-order valence-electron chi connectivity index (χ2n) is 7.47. The van der Waals surface area contributed by atoms with Crippen LogP contribution in [0.1, 0.15) is 27.3 Å². The van der Waals surface area contributed by atoms with Crippen molar-refractivity contribution in [3.8, 4) is 17.1 Å². The number of carbonyl (C=O) groups is 1.